The fourth-order valence-electron chi connectivity index (χ4n) is 4.97. The normalized spacial score (nSPS) is 18.0. The molecular weight excluding hydrogens is 540 g/mol. The fourth-order valence-corrected chi connectivity index (χ4v) is 7.22. The number of esters is 2. The van der Waals surface area contributed by atoms with Crippen molar-refractivity contribution in [2.24, 2.45) is 5.41 Å². The third-order valence-corrected chi connectivity index (χ3v) is 9.24. The Labute approximate surface area is 237 Å². The minimum Gasteiger partial charge on any atom is -0.462 e. The molecule has 0 saturated carbocycles. The van der Waals surface area contributed by atoms with Crippen LogP contribution in [-0.2, 0) is 33.7 Å². The van der Waals surface area contributed by atoms with E-state index in [1.54, 1.807) is 26.0 Å². The average Bonchev–Trinajstić information content (AvgIpc) is 2.80. The number of rotatable bonds is 11. The summed E-state index contributed by atoms with van der Waals surface area (Å²) in [6.45, 7) is 12.0. The minimum absolute atomic E-state index is 0.0476. The van der Waals surface area contributed by atoms with Gasteiger partial charge in [-0.2, -0.15) is 0 Å². The maximum Gasteiger partial charge on any atom is 0.303 e. The van der Waals surface area contributed by atoms with Crippen LogP contribution in [0.4, 0.5) is 0 Å². The monoisotopic (exact) mass is 578 g/mol. The maximum absolute atomic E-state index is 14.1. The lowest BCUT2D eigenvalue weighted by molar-refractivity contribution is -0.144. The number of benzene rings is 1. The first-order chi connectivity index (χ1) is 18.0. The molecule has 1 aromatic carbocycles. The molecular formula is C30H39ClO7S. The molecule has 0 radical (unpaired) electrons. The number of ketones is 1. The van der Waals surface area contributed by atoms with Crippen molar-refractivity contribution in [2.45, 2.75) is 90.4 Å². The molecule has 0 spiro atoms. The van der Waals surface area contributed by atoms with Gasteiger partial charge in [0.2, 0.25) is 0 Å². The summed E-state index contributed by atoms with van der Waals surface area (Å²) in [6, 6.07) is 6.04. The molecule has 0 bridgehead atoms. The molecule has 0 fully saturated rings. The van der Waals surface area contributed by atoms with E-state index in [2.05, 4.69) is 0 Å². The van der Waals surface area contributed by atoms with Crippen molar-refractivity contribution in [3.05, 3.63) is 63.7 Å². The Morgan fingerprint density at radius 1 is 1.03 bits per heavy atom. The quantitative estimate of drug-likeness (QED) is 0.222. The van der Waals surface area contributed by atoms with Crippen molar-refractivity contribution in [1.29, 1.82) is 0 Å². The molecule has 1 aromatic rings. The van der Waals surface area contributed by atoms with Gasteiger partial charge < -0.3 is 9.47 Å². The van der Waals surface area contributed by atoms with Gasteiger partial charge in [-0.1, -0.05) is 36.6 Å². The molecule has 214 valence electrons. The molecule has 0 saturated heterocycles. The molecule has 0 heterocycles. The minimum atomic E-state index is -3.92. The molecule has 0 aliphatic heterocycles. The van der Waals surface area contributed by atoms with Gasteiger partial charge in [-0.3, -0.25) is 14.4 Å². The van der Waals surface area contributed by atoms with E-state index in [4.69, 9.17) is 21.1 Å². The SMILES string of the molecule is CC(=O)OC/C=C(\C)CC(/C=C(\C)CC(C1=C(C)C(=O)CCC1(C)C)S(=O)(=O)c1ccc(Cl)cc1)OC(C)=O. The Hall–Kier alpha value is -2.71. The van der Waals surface area contributed by atoms with Crippen molar-refractivity contribution in [3.63, 3.8) is 0 Å². The average molecular weight is 579 g/mol. The summed E-state index contributed by atoms with van der Waals surface area (Å²) in [5, 5.41) is -0.570. The summed E-state index contributed by atoms with van der Waals surface area (Å²) in [6.07, 6.45) is 4.22. The van der Waals surface area contributed by atoms with Crippen LogP contribution in [0.1, 0.15) is 74.1 Å². The second-order valence-electron chi connectivity index (χ2n) is 10.8. The Morgan fingerprint density at radius 3 is 2.21 bits per heavy atom. The number of carbonyl (C=O) groups is 3. The molecule has 9 heteroatoms. The van der Waals surface area contributed by atoms with Gasteiger partial charge in [0.05, 0.1) is 10.1 Å². The van der Waals surface area contributed by atoms with Crippen LogP contribution in [0.3, 0.4) is 0 Å². The predicted octanol–water partition coefficient (Wildman–Crippen LogP) is 6.36. The summed E-state index contributed by atoms with van der Waals surface area (Å²) in [5.41, 5.74) is 2.14. The summed E-state index contributed by atoms with van der Waals surface area (Å²) in [5.74, 6) is -0.915. The third kappa shape index (κ3) is 9.17. The number of ether oxygens (including phenoxy) is 2. The highest BCUT2D eigenvalue weighted by atomic mass is 35.5. The highest BCUT2D eigenvalue weighted by molar-refractivity contribution is 7.92. The van der Waals surface area contributed by atoms with Crippen LogP contribution in [0.25, 0.3) is 0 Å². The van der Waals surface area contributed by atoms with Gasteiger partial charge in [0, 0.05) is 31.7 Å². The number of hydrogen-bond donors (Lipinski definition) is 0. The highest BCUT2D eigenvalue weighted by Gasteiger charge is 2.42. The van der Waals surface area contributed by atoms with Crippen molar-refractivity contribution >= 4 is 39.2 Å². The number of halogens is 1. The van der Waals surface area contributed by atoms with Crippen molar-refractivity contribution in [1.82, 2.24) is 0 Å². The zero-order chi connectivity index (χ0) is 29.5. The molecule has 1 aliphatic carbocycles. The van der Waals surface area contributed by atoms with E-state index in [1.165, 1.54) is 38.1 Å². The molecule has 7 nitrogen and oxygen atoms in total. The third-order valence-electron chi connectivity index (χ3n) is 6.90. The van der Waals surface area contributed by atoms with E-state index < -0.39 is 38.5 Å². The second-order valence-corrected chi connectivity index (χ2v) is 13.3. The van der Waals surface area contributed by atoms with Gasteiger partial charge in [-0.05, 0) is 86.6 Å². The Balaban J connectivity index is 2.54. The lowest BCUT2D eigenvalue weighted by Gasteiger charge is -2.38. The van der Waals surface area contributed by atoms with Gasteiger partial charge in [0.1, 0.15) is 12.7 Å². The number of sulfone groups is 1. The maximum atomic E-state index is 14.1. The zero-order valence-corrected chi connectivity index (χ0v) is 25.4. The lowest BCUT2D eigenvalue weighted by atomic mass is 9.70. The van der Waals surface area contributed by atoms with Gasteiger partial charge in [-0.15, -0.1) is 0 Å². The van der Waals surface area contributed by atoms with Crippen molar-refractivity contribution in [3.8, 4) is 0 Å². The fraction of sp³-hybridized carbons (Fsp3) is 0.500. The first-order valence-corrected chi connectivity index (χ1v) is 14.8. The van der Waals surface area contributed by atoms with Gasteiger partial charge >= 0.3 is 11.9 Å². The molecule has 2 rings (SSSR count). The molecule has 0 N–H and O–H groups in total. The molecule has 0 amide bonds. The summed E-state index contributed by atoms with van der Waals surface area (Å²) < 4.78 is 38.6. The van der Waals surface area contributed by atoms with Crippen LogP contribution in [0.15, 0.2) is 63.6 Å². The number of carbonyl (C=O) groups excluding carboxylic acids is 3. The Morgan fingerprint density at radius 2 is 1.64 bits per heavy atom. The van der Waals surface area contributed by atoms with Crippen LogP contribution in [0.2, 0.25) is 5.02 Å². The summed E-state index contributed by atoms with van der Waals surface area (Å²) >= 11 is 6.02. The van der Waals surface area contributed by atoms with Crippen LogP contribution in [0, 0.1) is 5.41 Å². The lowest BCUT2D eigenvalue weighted by Crippen LogP contribution is -2.37. The first kappa shape index (κ1) is 32.5. The summed E-state index contributed by atoms with van der Waals surface area (Å²) in [7, 11) is -3.92. The number of hydrogen-bond acceptors (Lipinski definition) is 7. The number of Topliss-reactive ketones (excluding diaryl/α,β-unsaturated/α-hetero) is 1. The van der Waals surface area contributed by atoms with Crippen molar-refractivity contribution in [2.75, 3.05) is 6.61 Å². The highest BCUT2D eigenvalue weighted by Crippen LogP contribution is 2.45. The molecule has 2 atom stereocenters. The molecule has 1 aliphatic rings. The van der Waals surface area contributed by atoms with Gasteiger partial charge in [0.25, 0.3) is 0 Å². The molecule has 39 heavy (non-hydrogen) atoms. The van der Waals surface area contributed by atoms with Crippen LogP contribution >= 0.6 is 11.6 Å². The standard InChI is InChI=1S/C30H39ClO7S/c1-19(13-15-37-22(4)32)16-25(38-23(5)33)17-20(2)18-28(29-21(3)27(34)12-14-30(29,6)7)39(35,36)26-10-8-24(31)9-11-26/h8-11,13,17,25,28H,12,14-16,18H2,1-7H3/b19-13+,20-17+. The first-order valence-electron chi connectivity index (χ1n) is 12.9. The van der Waals surface area contributed by atoms with E-state index in [-0.39, 0.29) is 23.7 Å². The van der Waals surface area contributed by atoms with E-state index in [0.717, 1.165) is 5.57 Å². The van der Waals surface area contributed by atoms with E-state index >= 15 is 0 Å². The van der Waals surface area contributed by atoms with E-state index in [0.29, 0.717) is 41.0 Å². The Bertz CT molecular complexity index is 1280. The second kappa shape index (κ2) is 13.6. The zero-order valence-electron chi connectivity index (χ0n) is 23.8. The van der Waals surface area contributed by atoms with Gasteiger partial charge in [0.15, 0.2) is 15.6 Å². The molecule has 0 aromatic heterocycles. The summed E-state index contributed by atoms with van der Waals surface area (Å²) in [4.78, 5) is 35.8. The van der Waals surface area contributed by atoms with E-state index in [9.17, 15) is 22.8 Å². The predicted molar refractivity (Wildman–Crippen MR) is 152 cm³/mol. The molecule has 2 unspecified atom stereocenters. The van der Waals surface area contributed by atoms with Gasteiger partial charge in [-0.25, -0.2) is 8.42 Å². The van der Waals surface area contributed by atoms with Crippen molar-refractivity contribution < 1.29 is 32.3 Å². The topological polar surface area (TPSA) is 104 Å². The number of allylic oxidation sites excluding steroid dienone is 2. The van der Waals surface area contributed by atoms with Crippen LogP contribution in [0.5, 0.6) is 0 Å². The Kier molecular flexibility index (Phi) is 11.3. The smallest absolute Gasteiger partial charge is 0.303 e. The largest absolute Gasteiger partial charge is 0.462 e. The van der Waals surface area contributed by atoms with Crippen LogP contribution < -0.4 is 0 Å². The van der Waals surface area contributed by atoms with E-state index in [1.807, 2.05) is 20.8 Å². The van der Waals surface area contributed by atoms with Crippen LogP contribution in [-0.4, -0.2) is 44.1 Å².